The van der Waals surface area contributed by atoms with Gasteiger partial charge in [0.05, 0.1) is 15.2 Å². The number of rotatable bonds is 2. The first-order chi connectivity index (χ1) is 6.70. The molecule has 74 valence electrons. The van der Waals surface area contributed by atoms with Crippen LogP contribution in [0.15, 0.2) is 17.0 Å². The maximum atomic E-state index is 5.94. The van der Waals surface area contributed by atoms with Gasteiger partial charge in [-0.2, -0.15) is 0 Å². The smallest absolute Gasteiger partial charge is 0.0907 e. The Bertz CT molecular complexity index is 462. The predicted molar refractivity (Wildman–Crippen MR) is 65.2 cm³/mol. The molecule has 2 rings (SSSR count). The van der Waals surface area contributed by atoms with Crippen LogP contribution in [0.25, 0.3) is 10.2 Å². The lowest BCUT2D eigenvalue weighted by molar-refractivity contribution is 1.33. The van der Waals surface area contributed by atoms with Crippen LogP contribution in [-0.4, -0.2) is 10.7 Å². The van der Waals surface area contributed by atoms with E-state index in [1.807, 2.05) is 13.0 Å². The Kier molecular flexibility index (Phi) is 2.65. The number of nitrogens with two attached hydrogens (primary N) is 1. The Morgan fingerprint density at radius 2 is 2.29 bits per heavy atom. The topological polar surface area (TPSA) is 38.9 Å². The van der Waals surface area contributed by atoms with Crippen molar-refractivity contribution in [2.24, 2.45) is 0 Å². The molecule has 0 bridgehead atoms. The first kappa shape index (κ1) is 9.80. The summed E-state index contributed by atoms with van der Waals surface area (Å²) in [4.78, 5) is 5.59. The summed E-state index contributed by atoms with van der Waals surface area (Å²) in [5, 5.41) is 1.10. The molecule has 1 heterocycles. The van der Waals surface area contributed by atoms with Gasteiger partial charge >= 0.3 is 0 Å². The Labute approximate surface area is 91.5 Å². The maximum Gasteiger partial charge on any atom is 0.0907 e. The van der Waals surface area contributed by atoms with Crippen molar-refractivity contribution in [3.05, 3.63) is 17.1 Å². The summed E-state index contributed by atoms with van der Waals surface area (Å²) >= 11 is 3.46. The minimum atomic E-state index is 0.869. The molecule has 0 radical (unpaired) electrons. The lowest BCUT2D eigenvalue weighted by atomic mass is 10.3. The summed E-state index contributed by atoms with van der Waals surface area (Å²) in [5.74, 6) is 1.04. The fraction of sp³-hybridized carbons (Fsp3) is 0.300. The van der Waals surface area contributed by atoms with Crippen molar-refractivity contribution in [1.82, 2.24) is 4.98 Å². The Morgan fingerprint density at radius 3 is 3.00 bits per heavy atom. The Hall–Kier alpha value is -0.740. The largest absolute Gasteiger partial charge is 0.398 e. The molecule has 0 spiro atoms. The second kappa shape index (κ2) is 3.79. The van der Waals surface area contributed by atoms with Gasteiger partial charge in [0.2, 0.25) is 0 Å². The van der Waals surface area contributed by atoms with Crippen molar-refractivity contribution in [3.63, 3.8) is 0 Å². The van der Waals surface area contributed by atoms with Crippen molar-refractivity contribution >= 4 is 39.0 Å². The van der Waals surface area contributed by atoms with Crippen LogP contribution in [-0.2, 0) is 0 Å². The lowest BCUT2D eigenvalue weighted by Gasteiger charge is -2.02. The van der Waals surface area contributed by atoms with Crippen molar-refractivity contribution in [2.75, 3.05) is 11.5 Å². The van der Waals surface area contributed by atoms with Crippen LogP contribution in [0.4, 0.5) is 5.69 Å². The van der Waals surface area contributed by atoms with Crippen LogP contribution >= 0.6 is 23.1 Å². The van der Waals surface area contributed by atoms with Gasteiger partial charge in [-0.3, -0.25) is 0 Å². The van der Waals surface area contributed by atoms with E-state index in [4.69, 9.17) is 5.73 Å². The number of aromatic nitrogens is 1. The molecular formula is C10H12N2S2. The van der Waals surface area contributed by atoms with Gasteiger partial charge < -0.3 is 5.73 Å². The first-order valence-corrected chi connectivity index (χ1v) is 6.30. The second-order valence-electron chi connectivity index (χ2n) is 3.02. The Balaban J connectivity index is 2.58. The molecule has 0 aliphatic carbocycles. The summed E-state index contributed by atoms with van der Waals surface area (Å²) < 4.78 is 1.18. The molecular weight excluding hydrogens is 212 g/mol. The molecule has 0 atom stereocenters. The lowest BCUT2D eigenvalue weighted by Crippen LogP contribution is -1.88. The third-order valence-corrected chi connectivity index (χ3v) is 3.81. The number of thioether (sulfide) groups is 1. The summed E-state index contributed by atoms with van der Waals surface area (Å²) in [5.41, 5.74) is 7.88. The highest BCUT2D eigenvalue weighted by molar-refractivity contribution is 7.99. The zero-order valence-corrected chi connectivity index (χ0v) is 9.84. The van der Waals surface area contributed by atoms with E-state index in [9.17, 15) is 0 Å². The molecule has 2 N–H and O–H groups in total. The van der Waals surface area contributed by atoms with E-state index in [2.05, 4.69) is 18.0 Å². The number of thiazole rings is 1. The molecule has 0 amide bonds. The minimum absolute atomic E-state index is 0.869. The zero-order chi connectivity index (χ0) is 10.1. The quantitative estimate of drug-likeness (QED) is 0.628. The summed E-state index contributed by atoms with van der Waals surface area (Å²) in [6.45, 7) is 4.15. The monoisotopic (exact) mass is 224 g/mol. The van der Waals surface area contributed by atoms with E-state index < -0.39 is 0 Å². The van der Waals surface area contributed by atoms with Gasteiger partial charge in [-0.15, -0.1) is 23.1 Å². The molecule has 14 heavy (non-hydrogen) atoms. The van der Waals surface area contributed by atoms with Gasteiger partial charge in [-0.05, 0) is 24.8 Å². The van der Waals surface area contributed by atoms with Gasteiger partial charge in [0, 0.05) is 10.6 Å². The van der Waals surface area contributed by atoms with Gasteiger partial charge in [0.1, 0.15) is 0 Å². The average molecular weight is 224 g/mol. The molecule has 0 aliphatic heterocycles. The van der Waals surface area contributed by atoms with Gasteiger partial charge in [-0.25, -0.2) is 4.98 Å². The van der Waals surface area contributed by atoms with Crippen LogP contribution < -0.4 is 5.73 Å². The molecule has 2 nitrogen and oxygen atoms in total. The molecule has 0 unspecified atom stereocenters. The number of nitrogens with zero attached hydrogens (tertiary/aromatic N) is 1. The normalized spacial score (nSPS) is 11.0. The predicted octanol–water partition coefficient (Wildman–Crippen LogP) is 3.30. The van der Waals surface area contributed by atoms with Crippen molar-refractivity contribution < 1.29 is 0 Å². The number of benzene rings is 1. The molecule has 4 heteroatoms. The van der Waals surface area contributed by atoms with Gasteiger partial charge in [0.25, 0.3) is 0 Å². The fourth-order valence-corrected chi connectivity index (χ4v) is 2.95. The third-order valence-electron chi connectivity index (χ3n) is 1.93. The van der Waals surface area contributed by atoms with E-state index >= 15 is 0 Å². The number of hydrogen-bond donors (Lipinski definition) is 1. The van der Waals surface area contributed by atoms with Crippen molar-refractivity contribution in [1.29, 1.82) is 0 Å². The highest BCUT2D eigenvalue weighted by Gasteiger charge is 2.05. The van der Waals surface area contributed by atoms with E-state index in [-0.39, 0.29) is 0 Å². The number of nitrogen functional groups attached to an aromatic ring is 1. The number of fused-ring (bicyclic) bond motifs is 1. The summed E-state index contributed by atoms with van der Waals surface area (Å²) in [7, 11) is 0. The molecule has 0 fully saturated rings. The van der Waals surface area contributed by atoms with Gasteiger partial charge in [0.15, 0.2) is 0 Å². The van der Waals surface area contributed by atoms with Crippen LogP contribution in [0.3, 0.4) is 0 Å². The zero-order valence-electron chi connectivity index (χ0n) is 8.20. The molecule has 0 saturated carbocycles. The maximum absolute atomic E-state index is 5.94. The molecule has 0 saturated heterocycles. The average Bonchev–Trinajstić information content (AvgIpc) is 2.45. The SMILES string of the molecule is CCSc1cc2nc(C)sc2cc1N. The standard InChI is InChI=1S/C10H12N2S2/c1-3-13-9-5-8-10(4-7(9)11)14-6(2)12-8/h4-5H,3,11H2,1-2H3. The number of anilines is 1. The van der Waals surface area contributed by atoms with E-state index in [0.717, 1.165) is 26.9 Å². The van der Waals surface area contributed by atoms with Crippen molar-refractivity contribution in [2.45, 2.75) is 18.7 Å². The second-order valence-corrected chi connectivity index (χ2v) is 5.56. The molecule has 1 aromatic heterocycles. The van der Waals surface area contributed by atoms with Crippen LogP contribution in [0.2, 0.25) is 0 Å². The third kappa shape index (κ3) is 1.72. The summed E-state index contributed by atoms with van der Waals surface area (Å²) in [6, 6.07) is 4.11. The minimum Gasteiger partial charge on any atom is -0.398 e. The van der Waals surface area contributed by atoms with E-state index in [1.54, 1.807) is 23.1 Å². The first-order valence-electron chi connectivity index (χ1n) is 4.50. The number of hydrogen-bond acceptors (Lipinski definition) is 4. The fourth-order valence-electron chi connectivity index (χ4n) is 1.37. The van der Waals surface area contributed by atoms with Crippen LogP contribution in [0.1, 0.15) is 11.9 Å². The summed E-state index contributed by atoms with van der Waals surface area (Å²) in [6.07, 6.45) is 0. The molecule has 0 aliphatic rings. The van der Waals surface area contributed by atoms with Crippen LogP contribution in [0.5, 0.6) is 0 Å². The highest BCUT2D eigenvalue weighted by atomic mass is 32.2. The Morgan fingerprint density at radius 1 is 1.50 bits per heavy atom. The van der Waals surface area contributed by atoms with Crippen LogP contribution in [0, 0.1) is 6.92 Å². The van der Waals surface area contributed by atoms with Gasteiger partial charge in [-0.1, -0.05) is 6.92 Å². The molecule has 1 aromatic carbocycles. The van der Waals surface area contributed by atoms with E-state index in [1.165, 1.54) is 4.70 Å². The van der Waals surface area contributed by atoms with Crippen molar-refractivity contribution in [3.8, 4) is 0 Å². The van der Waals surface area contributed by atoms with E-state index in [0.29, 0.717) is 0 Å². The molecule has 2 aromatic rings. The highest BCUT2D eigenvalue weighted by Crippen LogP contribution is 2.32. The number of aryl methyl sites for hydroxylation is 1.